The summed E-state index contributed by atoms with van der Waals surface area (Å²) in [6.45, 7) is 4.61. The molecule has 7 nitrogen and oxygen atoms in total. The maximum Gasteiger partial charge on any atom is 0.333 e. The number of carbonyl (C=O) groups is 2. The minimum atomic E-state index is -0.423. The van der Waals surface area contributed by atoms with E-state index in [2.05, 4.69) is 10.2 Å². The molecule has 0 spiro atoms. The van der Waals surface area contributed by atoms with Gasteiger partial charge in [0.15, 0.2) is 11.0 Å². The van der Waals surface area contributed by atoms with Gasteiger partial charge in [0, 0.05) is 24.9 Å². The third-order valence-electron chi connectivity index (χ3n) is 4.21. The number of thioether (sulfide) groups is 2. The van der Waals surface area contributed by atoms with E-state index in [-0.39, 0.29) is 5.91 Å². The summed E-state index contributed by atoms with van der Waals surface area (Å²) in [6.07, 6.45) is 1.39. The summed E-state index contributed by atoms with van der Waals surface area (Å²) in [5.41, 5.74) is 2.19. The van der Waals surface area contributed by atoms with Crippen molar-refractivity contribution in [2.75, 3.05) is 24.7 Å². The zero-order valence-corrected chi connectivity index (χ0v) is 17.7. The molecule has 1 aromatic carbocycles. The number of hydrogen-bond acceptors (Lipinski definition) is 7. The van der Waals surface area contributed by atoms with Crippen LogP contribution in [0.1, 0.15) is 12.5 Å². The fourth-order valence-electron chi connectivity index (χ4n) is 2.78. The lowest BCUT2D eigenvalue weighted by molar-refractivity contribution is -0.137. The summed E-state index contributed by atoms with van der Waals surface area (Å²) in [4.78, 5) is 25.4. The van der Waals surface area contributed by atoms with Gasteiger partial charge in [-0.2, -0.15) is 0 Å². The number of carbonyl (C=O) groups excluding carboxylic acids is 2. The largest absolute Gasteiger partial charge is 0.463 e. The maximum atomic E-state index is 12.1. The summed E-state index contributed by atoms with van der Waals surface area (Å²) in [7, 11) is 1.94. The lowest BCUT2D eigenvalue weighted by Crippen LogP contribution is -2.27. The van der Waals surface area contributed by atoms with E-state index in [1.165, 1.54) is 29.6 Å². The maximum absolute atomic E-state index is 12.1. The minimum absolute atomic E-state index is 0.000266. The molecule has 1 amide bonds. The fourth-order valence-corrected chi connectivity index (χ4v) is 4.57. The van der Waals surface area contributed by atoms with Crippen LogP contribution in [0.3, 0.4) is 0 Å². The molecule has 0 aliphatic carbocycles. The van der Waals surface area contributed by atoms with Crippen LogP contribution in [0.4, 0.5) is 0 Å². The van der Waals surface area contributed by atoms with Gasteiger partial charge in [-0.05, 0) is 19.4 Å². The third kappa shape index (κ3) is 4.59. The Morgan fingerprint density at radius 3 is 2.89 bits per heavy atom. The highest BCUT2D eigenvalue weighted by Gasteiger charge is 2.27. The molecule has 9 heteroatoms. The number of esters is 1. The molecule has 0 unspecified atom stereocenters. The van der Waals surface area contributed by atoms with Crippen molar-refractivity contribution in [1.82, 2.24) is 19.7 Å². The van der Waals surface area contributed by atoms with Gasteiger partial charge in [-0.1, -0.05) is 47.8 Å². The van der Waals surface area contributed by atoms with Crippen LogP contribution in [0.25, 0.3) is 11.4 Å². The number of rotatable bonds is 7. The van der Waals surface area contributed by atoms with Gasteiger partial charge >= 0.3 is 5.97 Å². The van der Waals surface area contributed by atoms with Crippen LogP contribution >= 0.6 is 23.5 Å². The molecule has 0 atom stereocenters. The van der Waals surface area contributed by atoms with E-state index in [0.29, 0.717) is 29.7 Å². The van der Waals surface area contributed by atoms with E-state index in [0.717, 1.165) is 22.1 Å². The van der Waals surface area contributed by atoms with Crippen LogP contribution in [-0.2, 0) is 21.4 Å². The molecule has 148 valence electrons. The first kappa shape index (κ1) is 20.5. The van der Waals surface area contributed by atoms with Crippen molar-refractivity contribution in [3.05, 3.63) is 40.9 Å². The molecule has 1 aliphatic rings. The molecule has 1 fully saturated rings. The highest BCUT2D eigenvalue weighted by Crippen LogP contribution is 2.30. The molecule has 1 aliphatic heterocycles. The van der Waals surface area contributed by atoms with Gasteiger partial charge in [-0.3, -0.25) is 4.79 Å². The van der Waals surface area contributed by atoms with Crippen molar-refractivity contribution in [3.8, 4) is 11.4 Å². The molecule has 2 heterocycles. The van der Waals surface area contributed by atoms with Gasteiger partial charge < -0.3 is 14.2 Å². The molecule has 28 heavy (non-hydrogen) atoms. The Morgan fingerprint density at radius 1 is 1.36 bits per heavy atom. The van der Waals surface area contributed by atoms with Crippen LogP contribution in [0.15, 0.2) is 40.5 Å². The third-order valence-corrected chi connectivity index (χ3v) is 6.23. The van der Waals surface area contributed by atoms with Gasteiger partial charge in [-0.25, -0.2) is 4.79 Å². The number of aromatic nitrogens is 3. The van der Waals surface area contributed by atoms with Crippen molar-refractivity contribution in [3.63, 3.8) is 0 Å². The molecule has 1 aromatic heterocycles. The molecule has 0 saturated carbocycles. The number of nitrogens with zero attached hydrogens (tertiary/aromatic N) is 4. The lowest BCUT2D eigenvalue weighted by atomic mass is 10.1. The van der Waals surface area contributed by atoms with Crippen LogP contribution < -0.4 is 0 Å². The highest BCUT2D eigenvalue weighted by molar-refractivity contribution is 8.04. The summed E-state index contributed by atoms with van der Waals surface area (Å²) in [5.74, 6) is 1.38. The van der Waals surface area contributed by atoms with Crippen molar-refractivity contribution in [2.24, 2.45) is 7.05 Å². The van der Waals surface area contributed by atoms with Gasteiger partial charge in [0.05, 0.1) is 23.5 Å². The average molecular weight is 419 g/mol. The molecule has 1 saturated heterocycles. The number of ether oxygens (including phenoxy) is 1. The monoisotopic (exact) mass is 418 g/mol. The molecule has 2 aromatic rings. The Hall–Kier alpha value is -2.26. The van der Waals surface area contributed by atoms with E-state index in [1.54, 1.807) is 11.8 Å². The lowest BCUT2D eigenvalue weighted by Gasteiger charge is -2.16. The molecule has 0 bridgehead atoms. The Bertz CT molecular complexity index is 910. The SMILES string of the molecule is CCOC(=O)/C=C1\SCC(=O)N1CCSc1nnc(-c2ccccc2C)n1C. The quantitative estimate of drug-likeness (QED) is 0.389. The van der Waals surface area contributed by atoms with E-state index >= 15 is 0 Å². The Balaban J connectivity index is 1.64. The van der Waals surface area contributed by atoms with E-state index in [4.69, 9.17) is 4.74 Å². The van der Waals surface area contributed by atoms with E-state index in [1.807, 2.05) is 42.8 Å². The number of benzene rings is 1. The average Bonchev–Trinajstić information content (AvgIpc) is 3.20. The second-order valence-electron chi connectivity index (χ2n) is 6.10. The zero-order chi connectivity index (χ0) is 20.1. The topological polar surface area (TPSA) is 77.3 Å². The van der Waals surface area contributed by atoms with Gasteiger partial charge in [0.1, 0.15) is 0 Å². The molecular weight excluding hydrogens is 396 g/mol. The summed E-state index contributed by atoms with van der Waals surface area (Å²) in [5, 5.41) is 10.0. The van der Waals surface area contributed by atoms with Crippen molar-refractivity contribution < 1.29 is 14.3 Å². The van der Waals surface area contributed by atoms with Crippen molar-refractivity contribution in [2.45, 2.75) is 19.0 Å². The van der Waals surface area contributed by atoms with Crippen LogP contribution in [-0.4, -0.2) is 56.2 Å². The van der Waals surface area contributed by atoms with E-state index in [9.17, 15) is 9.59 Å². The zero-order valence-electron chi connectivity index (χ0n) is 16.0. The highest BCUT2D eigenvalue weighted by atomic mass is 32.2. The Morgan fingerprint density at radius 2 is 2.14 bits per heavy atom. The summed E-state index contributed by atoms with van der Waals surface area (Å²) >= 11 is 2.89. The number of amides is 1. The summed E-state index contributed by atoms with van der Waals surface area (Å²) < 4.78 is 6.90. The predicted octanol–water partition coefficient (Wildman–Crippen LogP) is 2.86. The van der Waals surface area contributed by atoms with Gasteiger partial charge in [-0.15, -0.1) is 10.2 Å². The second kappa shape index (κ2) is 9.29. The smallest absolute Gasteiger partial charge is 0.333 e. The number of aryl methyl sites for hydroxylation is 1. The Labute approximate surface area is 172 Å². The summed E-state index contributed by atoms with van der Waals surface area (Å²) in [6, 6.07) is 8.06. The van der Waals surface area contributed by atoms with Crippen molar-refractivity contribution >= 4 is 35.4 Å². The molecule has 0 N–H and O–H groups in total. The second-order valence-corrected chi connectivity index (χ2v) is 8.15. The van der Waals surface area contributed by atoms with Crippen molar-refractivity contribution in [1.29, 1.82) is 0 Å². The first-order chi connectivity index (χ1) is 13.5. The number of hydrogen-bond donors (Lipinski definition) is 0. The molecule has 0 radical (unpaired) electrons. The van der Waals surface area contributed by atoms with Crippen LogP contribution in [0, 0.1) is 6.92 Å². The molecular formula is C19H22N4O3S2. The predicted molar refractivity (Wildman–Crippen MR) is 111 cm³/mol. The Kier molecular flexibility index (Phi) is 6.79. The van der Waals surface area contributed by atoms with Crippen LogP contribution in [0.2, 0.25) is 0 Å². The first-order valence-corrected chi connectivity index (χ1v) is 10.9. The minimum Gasteiger partial charge on any atom is -0.463 e. The van der Waals surface area contributed by atoms with Gasteiger partial charge in [0.25, 0.3) is 0 Å². The first-order valence-electron chi connectivity index (χ1n) is 8.91. The van der Waals surface area contributed by atoms with Gasteiger partial charge in [0.2, 0.25) is 5.91 Å². The molecule has 3 rings (SSSR count). The fraction of sp³-hybridized carbons (Fsp3) is 0.368. The van der Waals surface area contributed by atoms with Crippen LogP contribution in [0.5, 0.6) is 0 Å². The standard InChI is InChI=1S/C19H22N4O3S2/c1-4-26-17(25)11-16-23(15(24)12-28-16)9-10-27-19-21-20-18(22(19)3)14-8-6-5-7-13(14)2/h5-8,11H,4,9-10,12H2,1-3H3/b16-11-. The normalized spacial score (nSPS) is 15.5. The van der Waals surface area contributed by atoms with E-state index < -0.39 is 5.97 Å².